The van der Waals surface area contributed by atoms with Crippen LogP contribution < -0.4 is 0 Å². The quantitative estimate of drug-likeness (QED) is 0.633. The second-order valence-electron chi connectivity index (χ2n) is 3.84. The fraction of sp³-hybridized carbons (Fsp3) is 0.900. The molecular weight excluding hydrogens is 150 g/mol. The number of hydrogen-bond donors (Lipinski definition) is 0. The lowest BCUT2D eigenvalue weighted by Crippen LogP contribution is -2.27. The van der Waals surface area contributed by atoms with E-state index in [1.165, 1.54) is 6.42 Å². The van der Waals surface area contributed by atoms with Crippen molar-refractivity contribution in [2.75, 3.05) is 13.1 Å². The molecule has 0 saturated carbocycles. The van der Waals surface area contributed by atoms with Crippen LogP contribution in [0.5, 0.6) is 0 Å². The van der Waals surface area contributed by atoms with Gasteiger partial charge in [0, 0.05) is 19.5 Å². The van der Waals surface area contributed by atoms with Gasteiger partial charge in [0.1, 0.15) is 0 Å². The molecule has 0 bridgehead atoms. The molecule has 1 saturated heterocycles. The normalized spacial score (nSPS) is 23.2. The van der Waals surface area contributed by atoms with Gasteiger partial charge in [-0.15, -0.1) is 0 Å². The van der Waals surface area contributed by atoms with Gasteiger partial charge in [0.2, 0.25) is 5.91 Å². The van der Waals surface area contributed by atoms with Gasteiger partial charge in [-0.1, -0.05) is 20.3 Å². The van der Waals surface area contributed by atoms with Crippen molar-refractivity contribution in [1.29, 1.82) is 0 Å². The maximum atomic E-state index is 11.5. The molecule has 1 aliphatic heterocycles. The Labute approximate surface area is 74.9 Å². The molecule has 0 aromatic heterocycles. The molecule has 1 heterocycles. The molecule has 2 heteroatoms. The Bertz CT molecular complexity index is 156. The van der Waals surface area contributed by atoms with Gasteiger partial charge in [-0.25, -0.2) is 0 Å². The first-order valence-electron chi connectivity index (χ1n) is 5.01. The minimum Gasteiger partial charge on any atom is -0.342 e. The molecule has 1 rings (SSSR count). The molecule has 1 amide bonds. The summed E-state index contributed by atoms with van der Waals surface area (Å²) >= 11 is 0. The lowest BCUT2D eigenvalue weighted by atomic mass is 10.2. The molecule has 0 unspecified atom stereocenters. The monoisotopic (exact) mass is 169 g/mol. The van der Waals surface area contributed by atoms with E-state index in [0.29, 0.717) is 5.91 Å². The number of carbonyl (C=O) groups is 1. The first-order chi connectivity index (χ1) is 5.74. The average molecular weight is 169 g/mol. The summed E-state index contributed by atoms with van der Waals surface area (Å²) in [6.07, 6.45) is 4.11. The van der Waals surface area contributed by atoms with Gasteiger partial charge in [0.15, 0.2) is 0 Å². The molecule has 70 valence electrons. The number of likely N-dealkylation sites (tertiary alicyclic amines) is 1. The minimum atomic E-state index is 0.362. The van der Waals surface area contributed by atoms with E-state index in [-0.39, 0.29) is 0 Å². The summed E-state index contributed by atoms with van der Waals surface area (Å²) in [5.41, 5.74) is 0. The molecule has 0 N–H and O–H groups in total. The Kier molecular flexibility index (Phi) is 3.57. The summed E-state index contributed by atoms with van der Waals surface area (Å²) in [6.45, 7) is 6.32. The number of hydrogen-bond acceptors (Lipinski definition) is 1. The van der Waals surface area contributed by atoms with Crippen molar-refractivity contribution in [3.8, 4) is 0 Å². The maximum absolute atomic E-state index is 11.5. The van der Waals surface area contributed by atoms with Crippen molar-refractivity contribution in [3.05, 3.63) is 0 Å². The molecule has 1 aliphatic rings. The second-order valence-corrected chi connectivity index (χ2v) is 3.84. The van der Waals surface area contributed by atoms with Crippen LogP contribution >= 0.6 is 0 Å². The van der Waals surface area contributed by atoms with Crippen LogP contribution in [-0.4, -0.2) is 23.9 Å². The van der Waals surface area contributed by atoms with Gasteiger partial charge in [-0.3, -0.25) is 4.79 Å². The predicted octanol–water partition coefficient (Wildman–Crippen LogP) is 2.04. The Morgan fingerprint density at radius 2 is 2.33 bits per heavy atom. The molecule has 0 aromatic carbocycles. The third-order valence-electron chi connectivity index (χ3n) is 2.52. The summed E-state index contributed by atoms with van der Waals surface area (Å²) in [5, 5.41) is 0. The van der Waals surface area contributed by atoms with Crippen molar-refractivity contribution in [1.82, 2.24) is 4.90 Å². The van der Waals surface area contributed by atoms with E-state index >= 15 is 0 Å². The number of unbranched alkanes of at least 4 members (excludes halogenated alkanes) is 1. The van der Waals surface area contributed by atoms with Crippen LogP contribution in [0.3, 0.4) is 0 Å². The highest BCUT2D eigenvalue weighted by Crippen LogP contribution is 2.16. The lowest BCUT2D eigenvalue weighted by Gasteiger charge is -2.15. The summed E-state index contributed by atoms with van der Waals surface area (Å²) in [5.74, 6) is 1.08. The molecule has 1 fully saturated rings. The molecule has 0 radical (unpaired) electrons. The van der Waals surface area contributed by atoms with Crippen molar-refractivity contribution < 1.29 is 4.79 Å². The average Bonchev–Trinajstić information content (AvgIpc) is 2.47. The van der Waals surface area contributed by atoms with E-state index in [1.54, 1.807) is 0 Å². The standard InChI is InChI=1S/C10H19NO/c1-3-4-5-10(12)11-7-6-9(2)8-11/h9H,3-8H2,1-2H3/t9-/m0/s1. The summed E-state index contributed by atoms with van der Waals surface area (Å²) in [6, 6.07) is 0. The van der Waals surface area contributed by atoms with E-state index in [9.17, 15) is 4.79 Å². The fourth-order valence-corrected chi connectivity index (χ4v) is 1.65. The van der Waals surface area contributed by atoms with Gasteiger partial charge < -0.3 is 4.90 Å². The first-order valence-corrected chi connectivity index (χ1v) is 5.01. The largest absolute Gasteiger partial charge is 0.342 e. The van der Waals surface area contributed by atoms with E-state index in [0.717, 1.165) is 38.3 Å². The van der Waals surface area contributed by atoms with E-state index in [2.05, 4.69) is 13.8 Å². The number of carbonyl (C=O) groups excluding carboxylic acids is 1. The number of rotatable bonds is 3. The van der Waals surface area contributed by atoms with Crippen molar-refractivity contribution in [2.45, 2.75) is 39.5 Å². The SMILES string of the molecule is CCCCC(=O)N1CC[C@H](C)C1. The Balaban J connectivity index is 2.23. The molecule has 0 aliphatic carbocycles. The van der Waals surface area contributed by atoms with Crippen LogP contribution in [0, 0.1) is 5.92 Å². The third kappa shape index (κ3) is 2.50. The summed E-state index contributed by atoms with van der Waals surface area (Å²) < 4.78 is 0. The van der Waals surface area contributed by atoms with Gasteiger partial charge in [0.05, 0.1) is 0 Å². The highest BCUT2D eigenvalue weighted by molar-refractivity contribution is 5.76. The topological polar surface area (TPSA) is 20.3 Å². The van der Waals surface area contributed by atoms with Gasteiger partial charge >= 0.3 is 0 Å². The zero-order valence-corrected chi connectivity index (χ0v) is 8.18. The molecule has 2 nitrogen and oxygen atoms in total. The number of amides is 1. The second kappa shape index (κ2) is 4.48. The maximum Gasteiger partial charge on any atom is 0.222 e. The van der Waals surface area contributed by atoms with E-state index in [4.69, 9.17) is 0 Å². The first kappa shape index (κ1) is 9.56. The predicted molar refractivity (Wildman–Crippen MR) is 49.9 cm³/mol. The van der Waals surface area contributed by atoms with Crippen LogP contribution in [0.4, 0.5) is 0 Å². The third-order valence-corrected chi connectivity index (χ3v) is 2.52. The molecular formula is C10H19NO. The zero-order valence-electron chi connectivity index (χ0n) is 8.18. The van der Waals surface area contributed by atoms with Crippen molar-refractivity contribution in [3.63, 3.8) is 0 Å². The van der Waals surface area contributed by atoms with Crippen molar-refractivity contribution in [2.24, 2.45) is 5.92 Å². The summed E-state index contributed by atoms with van der Waals surface area (Å²) in [7, 11) is 0. The molecule has 1 atom stereocenters. The van der Waals surface area contributed by atoms with Crippen LogP contribution in [0.25, 0.3) is 0 Å². The highest BCUT2D eigenvalue weighted by Gasteiger charge is 2.22. The Hall–Kier alpha value is -0.530. The van der Waals surface area contributed by atoms with E-state index < -0.39 is 0 Å². The lowest BCUT2D eigenvalue weighted by molar-refractivity contribution is -0.130. The Morgan fingerprint density at radius 1 is 1.58 bits per heavy atom. The summed E-state index contributed by atoms with van der Waals surface area (Å²) in [4.78, 5) is 13.5. The van der Waals surface area contributed by atoms with Crippen LogP contribution in [0.1, 0.15) is 39.5 Å². The smallest absolute Gasteiger partial charge is 0.222 e. The van der Waals surface area contributed by atoms with Crippen LogP contribution in [0.15, 0.2) is 0 Å². The van der Waals surface area contributed by atoms with E-state index in [1.807, 2.05) is 4.90 Å². The van der Waals surface area contributed by atoms with Gasteiger partial charge in [0.25, 0.3) is 0 Å². The minimum absolute atomic E-state index is 0.362. The zero-order chi connectivity index (χ0) is 8.97. The molecule has 0 aromatic rings. The molecule has 12 heavy (non-hydrogen) atoms. The van der Waals surface area contributed by atoms with Crippen LogP contribution in [-0.2, 0) is 4.79 Å². The fourth-order valence-electron chi connectivity index (χ4n) is 1.65. The van der Waals surface area contributed by atoms with Crippen LogP contribution in [0.2, 0.25) is 0 Å². The highest BCUT2D eigenvalue weighted by atomic mass is 16.2. The van der Waals surface area contributed by atoms with Crippen molar-refractivity contribution >= 4 is 5.91 Å². The van der Waals surface area contributed by atoms with Gasteiger partial charge in [-0.05, 0) is 18.8 Å². The van der Waals surface area contributed by atoms with Gasteiger partial charge in [-0.2, -0.15) is 0 Å². The number of nitrogens with zero attached hydrogens (tertiary/aromatic N) is 1. The molecule has 0 spiro atoms. The Morgan fingerprint density at radius 3 is 2.83 bits per heavy atom.